The molecule has 1 fully saturated rings. The van der Waals surface area contributed by atoms with Crippen LogP contribution in [0.1, 0.15) is 31.9 Å². The minimum absolute atomic E-state index is 0.146. The number of para-hydroxylation sites is 1. The molecule has 0 aromatic heterocycles. The number of rotatable bonds is 9. The minimum Gasteiger partial charge on any atom is -0.493 e. The van der Waals surface area contributed by atoms with Crippen molar-refractivity contribution in [2.45, 2.75) is 26.3 Å². The Balaban J connectivity index is 2.29. The largest absolute Gasteiger partial charge is 0.493 e. The van der Waals surface area contributed by atoms with Gasteiger partial charge < -0.3 is 28.6 Å². The Morgan fingerprint density at radius 2 is 1.45 bits per heavy atom. The third-order valence-electron chi connectivity index (χ3n) is 5.90. The highest BCUT2D eigenvalue weighted by Crippen LogP contribution is 2.53. The van der Waals surface area contributed by atoms with Crippen molar-refractivity contribution < 1.29 is 33.3 Å². The van der Waals surface area contributed by atoms with Crippen LogP contribution in [0.3, 0.4) is 0 Å². The molecule has 0 radical (unpaired) electrons. The summed E-state index contributed by atoms with van der Waals surface area (Å²) in [5, 5.41) is 0. The molecule has 2 aromatic rings. The van der Waals surface area contributed by atoms with Gasteiger partial charge in [-0.3, -0.25) is 9.59 Å². The molecule has 3 rings (SSSR count). The van der Waals surface area contributed by atoms with Crippen molar-refractivity contribution in [3.63, 3.8) is 0 Å². The van der Waals surface area contributed by atoms with Crippen LogP contribution in [0.4, 0.5) is 5.69 Å². The molecule has 8 nitrogen and oxygen atoms in total. The van der Waals surface area contributed by atoms with Crippen molar-refractivity contribution >= 4 is 17.6 Å². The van der Waals surface area contributed by atoms with E-state index < -0.39 is 23.4 Å². The summed E-state index contributed by atoms with van der Waals surface area (Å²) in [6, 6.07) is 12.4. The minimum atomic E-state index is -1.56. The van der Waals surface area contributed by atoms with Crippen molar-refractivity contribution in [3.8, 4) is 17.2 Å². The summed E-state index contributed by atoms with van der Waals surface area (Å²) in [5.74, 6) is 0.0499. The molecule has 0 bridgehead atoms. The Labute approximate surface area is 194 Å². The molecule has 1 unspecified atom stereocenters. The Morgan fingerprint density at radius 1 is 0.909 bits per heavy atom. The fraction of sp³-hybridized carbons (Fsp3) is 0.440. The normalized spacial score (nSPS) is 16.8. The second-order valence-electron chi connectivity index (χ2n) is 7.55. The van der Waals surface area contributed by atoms with Gasteiger partial charge in [0, 0.05) is 12.2 Å². The zero-order chi connectivity index (χ0) is 24.0. The summed E-state index contributed by atoms with van der Waals surface area (Å²) in [5.41, 5.74) is -0.0504. The Hall–Kier alpha value is -3.42. The van der Waals surface area contributed by atoms with Gasteiger partial charge in [0.15, 0.2) is 16.9 Å². The van der Waals surface area contributed by atoms with Gasteiger partial charge in [0.2, 0.25) is 5.75 Å². The average molecular weight is 458 g/mol. The highest BCUT2D eigenvalue weighted by Gasteiger charge is 2.61. The molecule has 2 aromatic carbocycles. The van der Waals surface area contributed by atoms with Gasteiger partial charge in [0.05, 0.1) is 40.6 Å². The number of carbonyl (C=O) groups is 2. The topological polar surface area (TPSA) is 83.5 Å². The van der Waals surface area contributed by atoms with Crippen LogP contribution in [0.5, 0.6) is 17.2 Å². The maximum atomic E-state index is 13.4. The van der Waals surface area contributed by atoms with E-state index in [2.05, 4.69) is 0 Å². The predicted molar refractivity (Wildman–Crippen MR) is 123 cm³/mol. The lowest BCUT2D eigenvalue weighted by Crippen LogP contribution is -2.46. The van der Waals surface area contributed by atoms with Crippen LogP contribution in [0, 0.1) is 5.41 Å². The molecule has 8 heteroatoms. The highest BCUT2D eigenvalue weighted by atomic mass is 16.6. The summed E-state index contributed by atoms with van der Waals surface area (Å²) in [6.45, 7) is 4.17. The van der Waals surface area contributed by atoms with E-state index in [1.165, 1.54) is 21.3 Å². The molecule has 33 heavy (non-hydrogen) atoms. The zero-order valence-corrected chi connectivity index (χ0v) is 19.8. The Morgan fingerprint density at radius 3 is 1.91 bits per heavy atom. The van der Waals surface area contributed by atoms with Crippen LogP contribution in [-0.2, 0) is 19.1 Å². The van der Waals surface area contributed by atoms with Crippen LogP contribution in [-0.4, -0.2) is 53.0 Å². The van der Waals surface area contributed by atoms with Gasteiger partial charge in [-0.1, -0.05) is 18.2 Å². The van der Waals surface area contributed by atoms with Crippen molar-refractivity contribution in [3.05, 3.63) is 48.0 Å². The molecule has 1 atom stereocenters. The number of nitrogens with zero attached hydrogens (tertiary/aromatic N) is 1. The van der Waals surface area contributed by atoms with Gasteiger partial charge in [-0.25, -0.2) is 0 Å². The van der Waals surface area contributed by atoms with Crippen LogP contribution in [0.2, 0.25) is 0 Å². The lowest BCUT2D eigenvalue weighted by Gasteiger charge is -2.36. The maximum absolute atomic E-state index is 13.4. The lowest BCUT2D eigenvalue weighted by atomic mass is 9.76. The number of hydrogen-bond donors (Lipinski definition) is 0. The van der Waals surface area contributed by atoms with Gasteiger partial charge in [-0.15, -0.1) is 0 Å². The predicted octanol–water partition coefficient (Wildman–Crippen LogP) is 3.78. The fourth-order valence-electron chi connectivity index (χ4n) is 4.48. The summed E-state index contributed by atoms with van der Waals surface area (Å²) < 4.78 is 27.4. The van der Waals surface area contributed by atoms with Crippen molar-refractivity contribution in [2.24, 2.45) is 5.41 Å². The first-order chi connectivity index (χ1) is 16.0. The molecule has 0 amide bonds. The van der Waals surface area contributed by atoms with E-state index in [0.29, 0.717) is 29.4 Å². The summed E-state index contributed by atoms with van der Waals surface area (Å²) in [4.78, 5) is 28.9. The first-order valence-corrected chi connectivity index (χ1v) is 10.9. The molecule has 1 aliphatic rings. The number of benzene rings is 2. The molecule has 1 aliphatic heterocycles. The molecule has 0 spiro atoms. The quantitative estimate of drug-likeness (QED) is 0.416. The molecule has 178 valence electrons. The van der Waals surface area contributed by atoms with Crippen molar-refractivity contribution in [1.82, 2.24) is 0 Å². The summed E-state index contributed by atoms with van der Waals surface area (Å²) in [6.07, 6.45) is 0.237. The van der Waals surface area contributed by atoms with Gasteiger partial charge in [0.1, 0.15) is 0 Å². The number of anilines is 1. The zero-order valence-electron chi connectivity index (χ0n) is 19.8. The monoisotopic (exact) mass is 457 g/mol. The average Bonchev–Trinajstić information content (AvgIpc) is 3.25. The number of hydrogen-bond acceptors (Lipinski definition) is 8. The Bertz CT molecular complexity index is 933. The molecule has 0 saturated carbocycles. The molecule has 0 aliphatic carbocycles. The van der Waals surface area contributed by atoms with E-state index in [1.807, 2.05) is 35.2 Å². The third kappa shape index (κ3) is 4.29. The first-order valence-electron chi connectivity index (χ1n) is 10.9. The highest BCUT2D eigenvalue weighted by molar-refractivity contribution is 6.02. The van der Waals surface area contributed by atoms with Gasteiger partial charge in [-0.05, 0) is 50.1 Å². The molecule has 1 saturated heterocycles. The number of carbonyl (C=O) groups excluding carboxylic acids is 2. The second kappa shape index (κ2) is 10.5. The SMILES string of the molecule is CCOC(=O)C1(C(=O)OCC)CCN(c2ccccc2)C1c1cc(OC)c(OC)c(OC)c1. The van der Waals surface area contributed by atoms with Crippen LogP contribution < -0.4 is 19.1 Å². The summed E-state index contributed by atoms with van der Waals surface area (Å²) in [7, 11) is 4.57. The van der Waals surface area contributed by atoms with Crippen LogP contribution in [0.25, 0.3) is 0 Å². The number of esters is 2. The van der Waals surface area contributed by atoms with Crippen LogP contribution >= 0.6 is 0 Å². The molecule has 1 heterocycles. The maximum Gasteiger partial charge on any atom is 0.326 e. The van der Waals surface area contributed by atoms with E-state index in [0.717, 1.165) is 5.69 Å². The molecular weight excluding hydrogens is 426 g/mol. The van der Waals surface area contributed by atoms with E-state index in [9.17, 15) is 9.59 Å². The molecule has 0 N–H and O–H groups in total. The fourth-order valence-corrected chi connectivity index (χ4v) is 4.48. The van der Waals surface area contributed by atoms with Crippen molar-refractivity contribution in [2.75, 3.05) is 46.0 Å². The summed E-state index contributed by atoms with van der Waals surface area (Å²) >= 11 is 0. The standard InChI is InChI=1S/C25H31NO7/c1-6-32-23(27)25(24(28)33-7-2)13-14-26(18-11-9-8-10-12-18)22(25)17-15-19(29-3)21(31-5)20(16-17)30-4/h8-12,15-16,22H,6-7,13-14H2,1-5H3. The number of ether oxygens (including phenoxy) is 5. The van der Waals surface area contributed by atoms with E-state index in [-0.39, 0.29) is 19.6 Å². The first kappa shape index (κ1) is 24.2. The lowest BCUT2D eigenvalue weighted by molar-refractivity contribution is -0.172. The van der Waals surface area contributed by atoms with Gasteiger partial charge >= 0.3 is 11.9 Å². The van der Waals surface area contributed by atoms with Gasteiger partial charge in [0.25, 0.3) is 0 Å². The van der Waals surface area contributed by atoms with E-state index >= 15 is 0 Å². The van der Waals surface area contributed by atoms with E-state index in [4.69, 9.17) is 23.7 Å². The number of methoxy groups -OCH3 is 3. The van der Waals surface area contributed by atoms with E-state index in [1.54, 1.807) is 26.0 Å². The second-order valence-corrected chi connectivity index (χ2v) is 7.55. The smallest absolute Gasteiger partial charge is 0.326 e. The van der Waals surface area contributed by atoms with Crippen LogP contribution in [0.15, 0.2) is 42.5 Å². The third-order valence-corrected chi connectivity index (χ3v) is 5.90. The molecular formula is C25H31NO7. The van der Waals surface area contributed by atoms with Crippen molar-refractivity contribution in [1.29, 1.82) is 0 Å². The Kier molecular flexibility index (Phi) is 7.68. The van der Waals surface area contributed by atoms with Gasteiger partial charge in [-0.2, -0.15) is 0 Å².